The molecule has 1 rings (SSSR count). The summed E-state index contributed by atoms with van der Waals surface area (Å²) in [5.41, 5.74) is 3.31. The summed E-state index contributed by atoms with van der Waals surface area (Å²) < 4.78 is 12.4. The van der Waals surface area contributed by atoms with Gasteiger partial charge in [-0.05, 0) is 24.3 Å². The van der Waals surface area contributed by atoms with Crippen LogP contribution in [0.4, 0.5) is 10.1 Å². The molecule has 1 aromatic carbocycles. The minimum Gasteiger partial charge on any atom is -0.307 e. The van der Waals surface area contributed by atoms with Crippen LogP contribution >= 0.6 is 24.0 Å². The second-order valence-electron chi connectivity index (χ2n) is 2.06. The Morgan fingerprint density at radius 2 is 1.80 bits per heavy atom. The summed E-state index contributed by atoms with van der Waals surface area (Å²) in [5.74, 6) is -0.281. The number of hydrogen-bond donors (Lipinski definition) is 2. The van der Waals surface area contributed by atoms with Gasteiger partial charge >= 0.3 is 0 Å². The Kier molecular flexibility index (Phi) is 12.2. The Hall–Kier alpha value is -0.980. The highest BCUT2D eigenvalue weighted by molar-refractivity contribution is 14.0. The van der Waals surface area contributed by atoms with Crippen molar-refractivity contribution in [3.05, 3.63) is 30.1 Å². The Morgan fingerprint density at radius 1 is 1.27 bits per heavy atom. The summed E-state index contributed by atoms with van der Waals surface area (Å²) >= 11 is 0. The Bertz CT molecular complexity index is 285. The molecule has 2 N–H and O–H groups in total. The Balaban J connectivity index is 0. The van der Waals surface area contributed by atoms with E-state index in [-0.39, 0.29) is 29.8 Å². The van der Waals surface area contributed by atoms with Crippen LogP contribution in [-0.2, 0) is 0 Å². The first kappa shape index (κ1) is 16.4. The summed E-state index contributed by atoms with van der Waals surface area (Å²) in [4.78, 5) is 0. The molecule has 3 nitrogen and oxygen atoms in total. The van der Waals surface area contributed by atoms with Crippen molar-refractivity contribution in [2.75, 3.05) is 5.43 Å². The fourth-order valence-electron chi connectivity index (χ4n) is 0.673. The fourth-order valence-corrected chi connectivity index (χ4v) is 0.673. The molecule has 0 saturated carbocycles. The molecular formula is C10H15FIN3. The van der Waals surface area contributed by atoms with Gasteiger partial charge in [-0.15, -0.1) is 24.0 Å². The van der Waals surface area contributed by atoms with Gasteiger partial charge in [-0.1, -0.05) is 13.8 Å². The smallest absolute Gasteiger partial charge is 0.123 e. The monoisotopic (exact) mass is 323 g/mol. The largest absolute Gasteiger partial charge is 0.307 e. The maximum Gasteiger partial charge on any atom is 0.123 e. The van der Waals surface area contributed by atoms with E-state index in [2.05, 4.69) is 10.5 Å². The third kappa shape index (κ3) is 8.04. The van der Waals surface area contributed by atoms with Crippen molar-refractivity contribution < 1.29 is 4.39 Å². The van der Waals surface area contributed by atoms with E-state index >= 15 is 0 Å². The molecule has 0 unspecified atom stereocenters. The first-order valence-electron chi connectivity index (χ1n) is 4.36. The second-order valence-corrected chi connectivity index (χ2v) is 2.06. The molecule has 0 spiro atoms. The lowest BCUT2D eigenvalue weighted by atomic mass is 10.3. The van der Waals surface area contributed by atoms with Crippen LogP contribution in [0.15, 0.2) is 29.4 Å². The molecule has 0 bridgehead atoms. The van der Waals surface area contributed by atoms with Crippen molar-refractivity contribution >= 4 is 42.1 Å². The lowest BCUT2D eigenvalue weighted by Gasteiger charge is -1.97. The predicted octanol–water partition coefficient (Wildman–Crippen LogP) is 3.52. The Morgan fingerprint density at radius 3 is 2.27 bits per heavy atom. The molecule has 0 atom stereocenters. The van der Waals surface area contributed by atoms with Gasteiger partial charge in [0.25, 0.3) is 0 Å². The van der Waals surface area contributed by atoms with Crippen LogP contribution in [0.3, 0.4) is 0 Å². The summed E-state index contributed by atoms with van der Waals surface area (Å²) in [6.07, 6.45) is 2.35. The minimum absolute atomic E-state index is 0. The van der Waals surface area contributed by atoms with Crippen molar-refractivity contribution in [2.24, 2.45) is 5.10 Å². The third-order valence-electron chi connectivity index (χ3n) is 1.19. The molecule has 0 radical (unpaired) electrons. The third-order valence-corrected chi connectivity index (χ3v) is 1.19. The highest BCUT2D eigenvalue weighted by atomic mass is 127. The van der Waals surface area contributed by atoms with E-state index in [9.17, 15) is 4.39 Å². The first-order chi connectivity index (χ1) is 6.83. The van der Waals surface area contributed by atoms with Crippen molar-refractivity contribution in [3.8, 4) is 0 Å². The van der Waals surface area contributed by atoms with E-state index < -0.39 is 0 Å². The number of nitrogens with one attached hydrogen (secondary N) is 2. The van der Waals surface area contributed by atoms with E-state index in [0.29, 0.717) is 5.69 Å². The fraction of sp³-hybridized carbons (Fsp3) is 0.200. The zero-order chi connectivity index (χ0) is 10.8. The van der Waals surface area contributed by atoms with Gasteiger partial charge in [0.2, 0.25) is 0 Å². The average molecular weight is 323 g/mol. The molecule has 0 aliphatic heterocycles. The van der Waals surface area contributed by atoms with Gasteiger partial charge in [0.15, 0.2) is 0 Å². The molecule has 0 aromatic heterocycles. The van der Waals surface area contributed by atoms with Gasteiger partial charge in [-0.3, -0.25) is 5.43 Å². The maximum absolute atomic E-state index is 12.4. The van der Waals surface area contributed by atoms with Gasteiger partial charge in [0, 0.05) is 6.21 Å². The van der Waals surface area contributed by atoms with Crippen LogP contribution in [0.5, 0.6) is 0 Å². The molecule has 1 aromatic rings. The molecule has 5 heteroatoms. The number of nitrogens with zero attached hydrogens (tertiary/aromatic N) is 1. The van der Waals surface area contributed by atoms with Gasteiger partial charge in [0.05, 0.1) is 11.9 Å². The number of halogens is 2. The summed E-state index contributed by atoms with van der Waals surface area (Å²) in [7, 11) is 0. The second kappa shape index (κ2) is 11.1. The predicted molar refractivity (Wildman–Crippen MR) is 74.1 cm³/mol. The van der Waals surface area contributed by atoms with Crippen LogP contribution in [0.1, 0.15) is 13.8 Å². The van der Waals surface area contributed by atoms with Crippen molar-refractivity contribution in [1.29, 1.82) is 5.41 Å². The van der Waals surface area contributed by atoms with Crippen molar-refractivity contribution in [1.82, 2.24) is 0 Å². The average Bonchev–Trinajstić information content (AvgIpc) is 2.24. The van der Waals surface area contributed by atoms with Crippen LogP contribution in [-0.4, -0.2) is 12.4 Å². The van der Waals surface area contributed by atoms with Gasteiger partial charge in [-0.2, -0.15) is 5.10 Å². The van der Waals surface area contributed by atoms with E-state index in [1.54, 1.807) is 12.1 Å². The molecule has 0 amide bonds. The molecule has 0 aliphatic rings. The highest BCUT2D eigenvalue weighted by Crippen LogP contribution is 2.07. The minimum atomic E-state index is -0.281. The number of hydrazone groups is 1. The topological polar surface area (TPSA) is 48.2 Å². The van der Waals surface area contributed by atoms with Gasteiger partial charge in [-0.25, -0.2) is 4.39 Å². The zero-order valence-corrected chi connectivity index (χ0v) is 11.0. The Labute approximate surface area is 106 Å². The van der Waals surface area contributed by atoms with E-state index in [0.717, 1.165) is 6.21 Å². The number of hydrogen-bond acceptors (Lipinski definition) is 3. The molecule has 15 heavy (non-hydrogen) atoms. The first-order valence-corrected chi connectivity index (χ1v) is 4.36. The standard InChI is InChI=1S/C8H8FN3.C2H6.HI/c9-7-1-3-8(4-2-7)12-11-6-5-10;1-2;/h1-6,10,12H;1-2H3;1H/b10-5?,11-6-;;. The normalized spacial score (nSPS) is 8.47. The lowest BCUT2D eigenvalue weighted by molar-refractivity contribution is 0.628. The molecule has 0 saturated heterocycles. The SMILES string of the molecule is CC.I.N=C/C=N\Nc1ccc(F)cc1. The van der Waals surface area contributed by atoms with Gasteiger partial charge in [0.1, 0.15) is 5.82 Å². The number of anilines is 1. The molecule has 0 aliphatic carbocycles. The van der Waals surface area contributed by atoms with Crippen LogP contribution < -0.4 is 5.43 Å². The molecular weight excluding hydrogens is 308 g/mol. The van der Waals surface area contributed by atoms with Crippen LogP contribution in [0, 0.1) is 11.2 Å². The number of benzene rings is 1. The van der Waals surface area contributed by atoms with Crippen molar-refractivity contribution in [2.45, 2.75) is 13.8 Å². The lowest BCUT2D eigenvalue weighted by Crippen LogP contribution is -1.89. The molecule has 84 valence electrons. The quantitative estimate of drug-likeness (QED) is 0.499. The highest BCUT2D eigenvalue weighted by Gasteiger charge is 1.88. The van der Waals surface area contributed by atoms with E-state index in [1.807, 2.05) is 13.8 Å². The van der Waals surface area contributed by atoms with Crippen molar-refractivity contribution in [3.63, 3.8) is 0 Å². The number of rotatable bonds is 3. The summed E-state index contributed by atoms with van der Waals surface area (Å²) in [6.45, 7) is 4.00. The summed E-state index contributed by atoms with van der Waals surface area (Å²) in [5, 5.41) is 10.3. The summed E-state index contributed by atoms with van der Waals surface area (Å²) in [6, 6.07) is 5.80. The zero-order valence-electron chi connectivity index (χ0n) is 8.70. The van der Waals surface area contributed by atoms with Crippen LogP contribution in [0.2, 0.25) is 0 Å². The van der Waals surface area contributed by atoms with E-state index in [1.165, 1.54) is 18.3 Å². The van der Waals surface area contributed by atoms with Gasteiger partial charge < -0.3 is 5.41 Å². The molecule has 0 fully saturated rings. The maximum atomic E-state index is 12.4. The van der Waals surface area contributed by atoms with E-state index in [4.69, 9.17) is 5.41 Å². The van der Waals surface area contributed by atoms with Crippen LogP contribution in [0.25, 0.3) is 0 Å². The molecule has 0 heterocycles.